The fourth-order valence-corrected chi connectivity index (χ4v) is 8.42. The van der Waals surface area contributed by atoms with Gasteiger partial charge < -0.3 is 10.2 Å². The van der Waals surface area contributed by atoms with Crippen molar-refractivity contribution in [2.24, 2.45) is 23.2 Å². The Bertz CT molecular complexity index is 1020. The minimum Gasteiger partial charge on any atom is -0.508 e. The van der Waals surface area contributed by atoms with E-state index in [2.05, 4.69) is 13.0 Å². The van der Waals surface area contributed by atoms with Gasteiger partial charge in [0.25, 0.3) is 0 Å². The number of benzene rings is 1. The molecule has 0 amide bonds. The largest absolute Gasteiger partial charge is 0.508 e. The lowest BCUT2D eigenvalue weighted by Gasteiger charge is -2.53. The predicted molar refractivity (Wildman–Crippen MR) is 149 cm³/mol. The van der Waals surface area contributed by atoms with Crippen molar-refractivity contribution in [2.45, 2.75) is 140 Å². The molecule has 1 aromatic carbocycles. The fourth-order valence-electron chi connectivity index (χ4n) is 8.42. The molecule has 0 heterocycles. The van der Waals surface area contributed by atoms with E-state index in [1.54, 1.807) is 0 Å². The first-order valence-corrected chi connectivity index (χ1v) is 15.8. The van der Waals surface area contributed by atoms with Crippen LogP contribution < -0.4 is 0 Å². The average molecular weight is 587 g/mol. The van der Waals surface area contributed by atoms with Gasteiger partial charge in [0.15, 0.2) is 0 Å². The van der Waals surface area contributed by atoms with Crippen LogP contribution in [0.4, 0.5) is 22.0 Å². The second-order valence-electron chi connectivity index (χ2n) is 13.4. The third kappa shape index (κ3) is 7.45. The summed E-state index contributed by atoms with van der Waals surface area (Å²) < 4.78 is 62.5. The van der Waals surface area contributed by atoms with Crippen LogP contribution in [0.2, 0.25) is 0 Å². The number of phenolic OH excluding ortho intramolecular Hbond substituents is 1. The summed E-state index contributed by atoms with van der Waals surface area (Å²) in [5.74, 6) is -2.43. The lowest BCUT2D eigenvalue weighted by molar-refractivity contribution is -0.284. The first kappa shape index (κ1) is 32.2. The van der Waals surface area contributed by atoms with Gasteiger partial charge in [-0.25, -0.2) is 0 Å². The number of fused-ring (bicyclic) bond motifs is 5. The number of aliphatic hydroxyl groups is 1. The van der Waals surface area contributed by atoms with Crippen LogP contribution in [0.3, 0.4) is 0 Å². The first-order valence-electron chi connectivity index (χ1n) is 15.8. The number of Topliss-reactive ketones (excluding diaryl/α,β-unsaturated/α-hetero) is 1. The molecule has 3 aliphatic rings. The van der Waals surface area contributed by atoms with Gasteiger partial charge in [-0.2, -0.15) is 22.0 Å². The third-order valence-electron chi connectivity index (χ3n) is 10.7. The molecule has 4 rings (SSSR count). The van der Waals surface area contributed by atoms with E-state index >= 15 is 0 Å². The minimum absolute atomic E-state index is 0.0172. The lowest BCUT2D eigenvalue weighted by Crippen LogP contribution is -2.47. The number of hydrogen-bond donors (Lipinski definition) is 2. The molecule has 8 heteroatoms. The standard InChI is InChI=1S/C33H47F5O3/c1-31-19-17-27-26-14-13-25(40)21-23(26)20-22(30(27)28(31)15-16-29(31)41)10-7-5-3-2-4-6-8-11-24(39)12-9-18-32(34,35)33(36,37)38/h13-14,21-22,27-30,40-41H,2-12,15-20H2,1H3/t22-,27-,28+,29?,30?,31+/m1/s1. The van der Waals surface area contributed by atoms with Crippen LogP contribution in [0.25, 0.3) is 0 Å². The maximum atomic E-state index is 12.9. The highest BCUT2D eigenvalue weighted by atomic mass is 19.4. The fraction of sp³-hybridized carbons (Fsp3) is 0.788. The van der Waals surface area contributed by atoms with Crippen LogP contribution in [0.1, 0.15) is 127 Å². The molecule has 0 aliphatic heterocycles. The SMILES string of the molecule is C[C@]12CC[C@@H]3c4ccc(O)cc4C[C@@H](CCCCCCCCCC(=O)CCCC(F)(F)C(F)(F)F)C3[C@@H]1CCC2O. The first-order chi connectivity index (χ1) is 19.3. The Morgan fingerprint density at radius 3 is 2.29 bits per heavy atom. The Hall–Kier alpha value is -1.70. The smallest absolute Gasteiger partial charge is 0.453 e. The Balaban J connectivity index is 1.15. The normalized spacial score (nSPS) is 29.6. The van der Waals surface area contributed by atoms with Crippen molar-refractivity contribution in [1.82, 2.24) is 0 Å². The van der Waals surface area contributed by atoms with Crippen molar-refractivity contribution in [3.8, 4) is 5.75 Å². The maximum Gasteiger partial charge on any atom is 0.453 e. The molecule has 2 fully saturated rings. The minimum atomic E-state index is -5.55. The number of alkyl halides is 5. The van der Waals surface area contributed by atoms with E-state index in [0.717, 1.165) is 77.0 Å². The molecule has 41 heavy (non-hydrogen) atoms. The van der Waals surface area contributed by atoms with Crippen LogP contribution in [0, 0.1) is 23.2 Å². The Morgan fingerprint density at radius 2 is 1.59 bits per heavy atom. The van der Waals surface area contributed by atoms with Crippen LogP contribution in [0.15, 0.2) is 18.2 Å². The Labute approximate surface area is 241 Å². The van der Waals surface area contributed by atoms with E-state index in [1.807, 2.05) is 12.1 Å². The van der Waals surface area contributed by atoms with Gasteiger partial charge in [0.05, 0.1) is 6.10 Å². The van der Waals surface area contributed by atoms with E-state index in [4.69, 9.17) is 0 Å². The molecule has 0 radical (unpaired) electrons. The lowest BCUT2D eigenvalue weighted by atomic mass is 9.52. The van der Waals surface area contributed by atoms with E-state index in [9.17, 15) is 37.0 Å². The molecule has 2 N–H and O–H groups in total. The van der Waals surface area contributed by atoms with Crippen molar-refractivity contribution in [3.63, 3.8) is 0 Å². The number of phenols is 1. The molecule has 6 atom stereocenters. The van der Waals surface area contributed by atoms with E-state index < -0.39 is 24.9 Å². The van der Waals surface area contributed by atoms with Crippen molar-refractivity contribution in [3.05, 3.63) is 29.3 Å². The number of ketones is 1. The Kier molecular flexibility index (Phi) is 10.5. The van der Waals surface area contributed by atoms with Gasteiger partial charge in [0, 0.05) is 19.3 Å². The van der Waals surface area contributed by atoms with Crippen LogP contribution in [0.5, 0.6) is 5.75 Å². The average Bonchev–Trinajstić information content (AvgIpc) is 3.20. The molecule has 0 aromatic heterocycles. The number of carbonyl (C=O) groups is 1. The van der Waals surface area contributed by atoms with Gasteiger partial charge in [-0.15, -0.1) is 0 Å². The monoisotopic (exact) mass is 586 g/mol. The number of halogens is 5. The molecule has 2 saturated carbocycles. The van der Waals surface area contributed by atoms with Gasteiger partial charge in [-0.3, -0.25) is 4.79 Å². The summed E-state index contributed by atoms with van der Waals surface area (Å²) in [6.45, 7) is 2.30. The molecule has 232 valence electrons. The van der Waals surface area contributed by atoms with Gasteiger partial charge >= 0.3 is 12.1 Å². The number of unbranched alkanes of at least 4 members (excludes halogenated alkanes) is 6. The highest BCUT2D eigenvalue weighted by Gasteiger charge is 2.57. The van der Waals surface area contributed by atoms with Gasteiger partial charge in [0.2, 0.25) is 0 Å². The van der Waals surface area contributed by atoms with Gasteiger partial charge in [0.1, 0.15) is 11.5 Å². The summed E-state index contributed by atoms with van der Waals surface area (Å²) in [6, 6.07) is 5.91. The molecular weight excluding hydrogens is 539 g/mol. The van der Waals surface area contributed by atoms with Gasteiger partial charge in [-0.1, -0.05) is 51.5 Å². The second-order valence-corrected chi connectivity index (χ2v) is 13.4. The number of carbonyl (C=O) groups excluding carboxylic acids is 1. The molecule has 3 aliphatic carbocycles. The van der Waals surface area contributed by atoms with Gasteiger partial charge in [-0.05, 0) is 104 Å². The summed E-state index contributed by atoms with van der Waals surface area (Å²) in [7, 11) is 0. The summed E-state index contributed by atoms with van der Waals surface area (Å²) in [5, 5.41) is 21.0. The quantitative estimate of drug-likeness (QED) is 0.169. The molecule has 0 saturated heterocycles. The zero-order chi connectivity index (χ0) is 29.8. The zero-order valence-electron chi connectivity index (χ0n) is 24.3. The predicted octanol–water partition coefficient (Wildman–Crippen LogP) is 9.28. The zero-order valence-corrected chi connectivity index (χ0v) is 24.3. The Morgan fingerprint density at radius 1 is 0.927 bits per heavy atom. The number of rotatable bonds is 14. The number of hydrogen-bond acceptors (Lipinski definition) is 3. The number of aromatic hydroxyl groups is 1. The highest BCUT2D eigenvalue weighted by Crippen LogP contribution is 2.62. The molecule has 1 aromatic rings. The van der Waals surface area contributed by atoms with Crippen molar-refractivity contribution in [2.75, 3.05) is 0 Å². The molecule has 3 nitrogen and oxygen atoms in total. The maximum absolute atomic E-state index is 12.9. The van der Waals surface area contributed by atoms with Crippen molar-refractivity contribution < 1.29 is 37.0 Å². The number of aliphatic hydroxyl groups excluding tert-OH is 1. The van der Waals surface area contributed by atoms with Crippen LogP contribution >= 0.6 is 0 Å². The second kappa shape index (κ2) is 13.3. The summed E-state index contributed by atoms with van der Waals surface area (Å²) in [4.78, 5) is 11.9. The third-order valence-corrected chi connectivity index (χ3v) is 10.7. The van der Waals surface area contributed by atoms with Crippen LogP contribution in [-0.4, -0.2) is 34.2 Å². The van der Waals surface area contributed by atoms with E-state index in [0.29, 0.717) is 35.8 Å². The van der Waals surface area contributed by atoms with Crippen molar-refractivity contribution in [1.29, 1.82) is 0 Å². The van der Waals surface area contributed by atoms with E-state index in [1.165, 1.54) is 11.1 Å². The molecule has 0 bridgehead atoms. The highest BCUT2D eigenvalue weighted by molar-refractivity contribution is 5.78. The molecule has 0 spiro atoms. The van der Waals surface area contributed by atoms with Crippen molar-refractivity contribution >= 4 is 5.78 Å². The summed E-state index contributed by atoms with van der Waals surface area (Å²) in [5.41, 5.74) is 2.72. The molecular formula is C33H47F5O3. The summed E-state index contributed by atoms with van der Waals surface area (Å²) in [6.07, 6.45) is 5.76. The molecule has 2 unspecified atom stereocenters. The summed E-state index contributed by atoms with van der Waals surface area (Å²) >= 11 is 0. The topological polar surface area (TPSA) is 57.5 Å². The van der Waals surface area contributed by atoms with Crippen LogP contribution in [-0.2, 0) is 11.2 Å². The van der Waals surface area contributed by atoms with E-state index in [-0.39, 0.29) is 30.1 Å².